The molecule has 1 heterocycles. The first-order valence-electron chi connectivity index (χ1n) is 11.9. The van der Waals surface area contributed by atoms with Crippen molar-refractivity contribution in [2.24, 2.45) is 5.73 Å². The Hall–Kier alpha value is -3.11. The molecule has 4 unspecified atom stereocenters. The number of carbonyl (C=O) groups excluding carboxylic acids is 2. The van der Waals surface area contributed by atoms with Gasteiger partial charge in [-0.25, -0.2) is 13.6 Å². The number of terminal acetylenes is 1. The molecule has 6 N–H and O–H groups in total. The van der Waals surface area contributed by atoms with E-state index in [0.717, 1.165) is 38.0 Å². The van der Waals surface area contributed by atoms with E-state index in [4.69, 9.17) is 26.7 Å². The summed E-state index contributed by atoms with van der Waals surface area (Å²) in [4.78, 5) is 32.9. The highest BCUT2D eigenvalue weighted by Crippen LogP contribution is 2.34. The Balaban J connectivity index is 0.000000649. The average Bonchev–Trinajstić information content (AvgIpc) is 2.85. The van der Waals surface area contributed by atoms with E-state index in [1.54, 1.807) is 7.05 Å². The van der Waals surface area contributed by atoms with Crippen LogP contribution in [0, 0.1) is 12.3 Å². The van der Waals surface area contributed by atoms with Crippen molar-refractivity contribution in [1.29, 1.82) is 0 Å². The molecule has 0 saturated carbocycles. The number of aliphatic carboxylic acids is 1. The van der Waals surface area contributed by atoms with Crippen LogP contribution in [0.1, 0.15) is 56.9 Å². The number of benzene rings is 1. The number of anilines is 1. The number of hydrogen-bond acceptors (Lipinski definition) is 8. The zero-order valence-electron chi connectivity index (χ0n) is 20.7. The molecule has 1 aliphatic heterocycles. The number of unbranched alkanes of at least 4 members (excludes halogenated alkanes) is 4. The molecule has 0 aliphatic carbocycles. The third kappa shape index (κ3) is 11.7. The highest BCUT2D eigenvalue weighted by Gasteiger charge is 2.34. The van der Waals surface area contributed by atoms with Crippen molar-refractivity contribution in [3.05, 3.63) is 23.8 Å². The van der Waals surface area contributed by atoms with Crippen molar-refractivity contribution in [2.45, 2.75) is 75.9 Å². The first-order valence-corrected chi connectivity index (χ1v) is 11.9. The zero-order chi connectivity index (χ0) is 27.8. The first kappa shape index (κ1) is 31.9. The maximum absolute atomic E-state index is 13.5. The van der Waals surface area contributed by atoms with Crippen molar-refractivity contribution in [2.75, 3.05) is 18.9 Å². The predicted octanol–water partition coefficient (Wildman–Crippen LogP) is 2.21. The number of aldehydes is 1. The fourth-order valence-corrected chi connectivity index (χ4v) is 3.36. The molecule has 4 atom stereocenters. The molecule has 10 nitrogen and oxygen atoms in total. The van der Waals surface area contributed by atoms with Crippen LogP contribution in [0.5, 0.6) is 5.75 Å². The molecule has 1 aliphatic rings. The molecular formula is C25H35F2N3O7. The van der Waals surface area contributed by atoms with Gasteiger partial charge in [-0.15, -0.1) is 12.3 Å². The molecule has 1 aromatic rings. The SMILES string of the molecule is C#CCCCCCC=O.CNC(CN)C(=O)Nc1ccc(OC2CC(O)CC(C(=O)O)O2)c(C(F)F)c1. The van der Waals surface area contributed by atoms with Crippen molar-refractivity contribution >= 4 is 23.9 Å². The second kappa shape index (κ2) is 17.4. The Morgan fingerprint density at radius 3 is 2.62 bits per heavy atom. The summed E-state index contributed by atoms with van der Waals surface area (Å²) in [6.45, 7) is 0.0251. The number of carboxylic acid groups (broad SMARTS) is 1. The summed E-state index contributed by atoms with van der Waals surface area (Å²) in [6.07, 6.45) is 4.05. The number of likely N-dealkylation sites (N-methyl/N-ethyl adjacent to an activating group) is 1. The van der Waals surface area contributed by atoms with Crippen molar-refractivity contribution in [3.63, 3.8) is 0 Å². The van der Waals surface area contributed by atoms with Gasteiger partial charge in [0.25, 0.3) is 6.43 Å². The van der Waals surface area contributed by atoms with Crippen LogP contribution in [0.4, 0.5) is 14.5 Å². The van der Waals surface area contributed by atoms with E-state index in [1.165, 1.54) is 12.1 Å². The van der Waals surface area contributed by atoms with Gasteiger partial charge in [0.1, 0.15) is 12.0 Å². The third-order valence-corrected chi connectivity index (χ3v) is 5.36. The second-order valence-electron chi connectivity index (χ2n) is 8.23. The van der Waals surface area contributed by atoms with Crippen LogP contribution in [-0.2, 0) is 19.1 Å². The molecule has 1 fully saturated rings. The second-order valence-corrected chi connectivity index (χ2v) is 8.23. The van der Waals surface area contributed by atoms with Gasteiger partial charge in [-0.2, -0.15) is 0 Å². The smallest absolute Gasteiger partial charge is 0.333 e. The lowest BCUT2D eigenvalue weighted by molar-refractivity contribution is -0.195. The molecule has 0 aromatic heterocycles. The summed E-state index contributed by atoms with van der Waals surface area (Å²) in [5.74, 6) is 0.557. The first-order chi connectivity index (χ1) is 17.7. The number of alkyl halides is 2. The Morgan fingerprint density at radius 1 is 1.32 bits per heavy atom. The van der Waals surface area contributed by atoms with Crippen LogP contribution in [0.25, 0.3) is 0 Å². The summed E-state index contributed by atoms with van der Waals surface area (Å²) in [7, 11) is 1.54. The highest BCUT2D eigenvalue weighted by molar-refractivity contribution is 5.95. The van der Waals surface area contributed by atoms with Crippen LogP contribution in [0.15, 0.2) is 18.2 Å². The average molecular weight is 528 g/mol. The fourth-order valence-electron chi connectivity index (χ4n) is 3.36. The Bertz CT molecular complexity index is 907. The van der Waals surface area contributed by atoms with Crippen molar-refractivity contribution < 1.29 is 42.9 Å². The number of rotatable bonds is 13. The standard InChI is InChI=1S/C17H23F2N3O6.C8H12O/c1-21-11(7-20)16(24)22-8-2-3-12(10(4-8)15(18)19)27-14-6-9(23)5-13(28-14)17(25)26;1-2-3-4-5-6-7-8-9/h2-4,9,11,13-15,21,23H,5-7,20H2,1H3,(H,22,24)(H,25,26);1,8H,3-7H2. The lowest BCUT2D eigenvalue weighted by atomic mass is 10.1. The molecule has 0 spiro atoms. The predicted molar refractivity (Wildman–Crippen MR) is 132 cm³/mol. The minimum atomic E-state index is -2.93. The number of ether oxygens (including phenoxy) is 2. The number of aliphatic hydroxyl groups is 1. The number of hydrogen-bond donors (Lipinski definition) is 5. The molecule has 0 radical (unpaired) electrons. The van der Waals surface area contributed by atoms with E-state index in [0.29, 0.717) is 6.42 Å². The van der Waals surface area contributed by atoms with Gasteiger partial charge in [-0.05, 0) is 38.1 Å². The number of amides is 1. The van der Waals surface area contributed by atoms with Crippen LogP contribution < -0.4 is 21.1 Å². The molecule has 1 aromatic carbocycles. The summed E-state index contributed by atoms with van der Waals surface area (Å²) in [6, 6.07) is 2.94. The van der Waals surface area contributed by atoms with Gasteiger partial charge >= 0.3 is 5.97 Å². The normalized spacial score (nSPS) is 19.6. The van der Waals surface area contributed by atoms with Gasteiger partial charge in [0.15, 0.2) is 6.10 Å². The van der Waals surface area contributed by atoms with E-state index < -0.39 is 48.4 Å². The number of nitrogens with two attached hydrogens (primary N) is 1. The Morgan fingerprint density at radius 2 is 2.05 bits per heavy atom. The van der Waals surface area contributed by atoms with E-state index in [1.807, 2.05) is 0 Å². The van der Waals surface area contributed by atoms with Crippen LogP contribution >= 0.6 is 0 Å². The minimum absolute atomic E-state index is 0.0251. The monoisotopic (exact) mass is 527 g/mol. The quantitative estimate of drug-likeness (QED) is 0.147. The molecule has 1 saturated heterocycles. The lowest BCUT2D eigenvalue weighted by Gasteiger charge is -2.31. The van der Waals surface area contributed by atoms with Crippen LogP contribution in [0.3, 0.4) is 0 Å². The maximum Gasteiger partial charge on any atom is 0.333 e. The number of carboxylic acids is 1. The van der Waals surface area contributed by atoms with Crippen LogP contribution in [0.2, 0.25) is 0 Å². The molecule has 206 valence electrons. The van der Waals surface area contributed by atoms with Gasteiger partial charge in [0.2, 0.25) is 12.2 Å². The number of halogens is 2. The molecule has 1 amide bonds. The molecular weight excluding hydrogens is 492 g/mol. The van der Waals surface area contributed by atoms with Gasteiger partial charge in [-0.3, -0.25) is 4.79 Å². The Kier molecular flexibility index (Phi) is 15.0. The van der Waals surface area contributed by atoms with Crippen molar-refractivity contribution in [3.8, 4) is 18.1 Å². The number of carbonyl (C=O) groups is 3. The van der Waals surface area contributed by atoms with E-state index >= 15 is 0 Å². The highest BCUT2D eigenvalue weighted by atomic mass is 19.3. The van der Waals surface area contributed by atoms with Gasteiger partial charge in [0.05, 0.1) is 17.7 Å². The van der Waals surface area contributed by atoms with E-state index in [9.17, 15) is 28.3 Å². The van der Waals surface area contributed by atoms with Gasteiger partial charge < -0.3 is 40.8 Å². The van der Waals surface area contributed by atoms with Gasteiger partial charge in [-0.1, -0.05) is 6.42 Å². The maximum atomic E-state index is 13.5. The molecule has 12 heteroatoms. The molecule has 0 bridgehead atoms. The number of nitrogens with one attached hydrogen (secondary N) is 2. The molecule has 2 rings (SSSR count). The summed E-state index contributed by atoms with van der Waals surface area (Å²) >= 11 is 0. The van der Waals surface area contributed by atoms with Gasteiger partial charge in [0, 0.05) is 37.9 Å². The van der Waals surface area contributed by atoms with E-state index in [2.05, 4.69) is 16.6 Å². The summed E-state index contributed by atoms with van der Waals surface area (Å²) in [5, 5.41) is 24.0. The minimum Gasteiger partial charge on any atom is -0.479 e. The molecule has 37 heavy (non-hydrogen) atoms. The lowest BCUT2D eigenvalue weighted by Crippen LogP contribution is -2.43. The Labute approximate surface area is 214 Å². The van der Waals surface area contributed by atoms with E-state index in [-0.39, 0.29) is 30.8 Å². The number of aliphatic hydroxyl groups excluding tert-OH is 1. The third-order valence-electron chi connectivity index (χ3n) is 5.36. The topological polar surface area (TPSA) is 160 Å². The van der Waals surface area contributed by atoms with Crippen molar-refractivity contribution in [1.82, 2.24) is 5.32 Å². The largest absolute Gasteiger partial charge is 0.479 e. The fraction of sp³-hybridized carbons (Fsp3) is 0.560. The zero-order valence-corrected chi connectivity index (χ0v) is 20.7. The summed E-state index contributed by atoms with van der Waals surface area (Å²) < 4.78 is 37.5. The summed E-state index contributed by atoms with van der Waals surface area (Å²) in [5.41, 5.74) is 5.06. The van der Waals surface area contributed by atoms with Crippen LogP contribution in [-0.4, -0.2) is 66.5 Å².